The van der Waals surface area contributed by atoms with Crippen LogP contribution in [0.3, 0.4) is 0 Å². The van der Waals surface area contributed by atoms with E-state index in [-0.39, 0.29) is 17.5 Å². The molecule has 1 aliphatic rings. The van der Waals surface area contributed by atoms with E-state index in [0.717, 1.165) is 18.7 Å². The molecule has 19 heavy (non-hydrogen) atoms. The summed E-state index contributed by atoms with van der Waals surface area (Å²) in [7, 11) is 0. The second-order valence-corrected chi connectivity index (χ2v) is 5.00. The van der Waals surface area contributed by atoms with Crippen LogP contribution in [0.2, 0.25) is 0 Å². The highest BCUT2D eigenvalue weighted by Crippen LogP contribution is 2.26. The maximum Gasteiger partial charge on any atom is 0.306 e. The summed E-state index contributed by atoms with van der Waals surface area (Å²) in [5.41, 5.74) is 1.09. The Hall–Kier alpha value is -1.95. The molecule has 1 N–H and O–H groups in total. The van der Waals surface area contributed by atoms with Crippen LogP contribution < -0.4 is 0 Å². The standard InChI is InChI=1S/C13H16N2O4/c1-9(13(16)17)11-7-14(8-11)6-10-2-4-12(5-3-10)15(18)19/h2-5,9,11H,6-8H2,1H3,(H,16,17). The second kappa shape index (κ2) is 5.36. The van der Waals surface area contributed by atoms with Crippen LogP contribution in [0, 0.1) is 22.0 Å². The van der Waals surface area contributed by atoms with Gasteiger partial charge in [0.15, 0.2) is 0 Å². The third-order valence-corrected chi connectivity index (χ3v) is 3.64. The van der Waals surface area contributed by atoms with Gasteiger partial charge in [-0.05, 0) is 11.5 Å². The van der Waals surface area contributed by atoms with Gasteiger partial charge in [-0.25, -0.2) is 0 Å². The molecule has 0 aliphatic carbocycles. The van der Waals surface area contributed by atoms with Gasteiger partial charge in [-0.15, -0.1) is 0 Å². The van der Waals surface area contributed by atoms with E-state index < -0.39 is 10.9 Å². The first-order valence-corrected chi connectivity index (χ1v) is 6.16. The lowest BCUT2D eigenvalue weighted by atomic mass is 9.87. The Morgan fingerprint density at radius 3 is 2.53 bits per heavy atom. The van der Waals surface area contributed by atoms with Crippen molar-refractivity contribution in [2.45, 2.75) is 13.5 Å². The minimum Gasteiger partial charge on any atom is -0.481 e. The fraction of sp³-hybridized carbons (Fsp3) is 0.462. The number of nitro groups is 1. The van der Waals surface area contributed by atoms with Gasteiger partial charge < -0.3 is 5.11 Å². The number of carboxylic acids is 1. The molecule has 2 rings (SSSR count). The lowest BCUT2D eigenvalue weighted by Crippen LogP contribution is -2.50. The van der Waals surface area contributed by atoms with Gasteiger partial charge in [-0.3, -0.25) is 19.8 Å². The molecule has 0 radical (unpaired) electrons. The van der Waals surface area contributed by atoms with Crippen molar-refractivity contribution in [2.75, 3.05) is 13.1 Å². The highest BCUT2D eigenvalue weighted by atomic mass is 16.6. The lowest BCUT2D eigenvalue weighted by molar-refractivity contribution is -0.384. The summed E-state index contributed by atoms with van der Waals surface area (Å²) in [5, 5.41) is 19.4. The summed E-state index contributed by atoms with van der Waals surface area (Å²) in [4.78, 5) is 23.1. The van der Waals surface area contributed by atoms with E-state index in [4.69, 9.17) is 5.11 Å². The Bertz CT molecular complexity index is 480. The number of nitrogens with zero attached hydrogens (tertiary/aromatic N) is 2. The van der Waals surface area contributed by atoms with Crippen molar-refractivity contribution in [3.8, 4) is 0 Å². The van der Waals surface area contributed by atoms with Crippen LogP contribution >= 0.6 is 0 Å². The molecule has 0 aromatic heterocycles. The van der Waals surface area contributed by atoms with Crippen LogP contribution in [0.4, 0.5) is 5.69 Å². The Morgan fingerprint density at radius 2 is 2.05 bits per heavy atom. The molecule has 0 amide bonds. The van der Waals surface area contributed by atoms with E-state index in [9.17, 15) is 14.9 Å². The van der Waals surface area contributed by atoms with Crippen molar-refractivity contribution in [2.24, 2.45) is 11.8 Å². The molecule has 1 aromatic carbocycles. The van der Waals surface area contributed by atoms with Crippen LogP contribution in [0.15, 0.2) is 24.3 Å². The predicted molar refractivity (Wildman–Crippen MR) is 68.7 cm³/mol. The van der Waals surface area contributed by atoms with Crippen molar-refractivity contribution in [3.05, 3.63) is 39.9 Å². The Kier molecular flexibility index (Phi) is 3.80. The molecule has 0 bridgehead atoms. The molecule has 6 nitrogen and oxygen atoms in total. The molecular weight excluding hydrogens is 248 g/mol. The Balaban J connectivity index is 1.84. The van der Waals surface area contributed by atoms with E-state index >= 15 is 0 Å². The number of non-ortho nitro benzene ring substituents is 1. The van der Waals surface area contributed by atoms with Crippen LogP contribution in [0.25, 0.3) is 0 Å². The number of rotatable bonds is 5. The smallest absolute Gasteiger partial charge is 0.306 e. The molecule has 1 aromatic rings. The summed E-state index contributed by atoms with van der Waals surface area (Å²) < 4.78 is 0. The van der Waals surface area contributed by atoms with Gasteiger partial charge in [-0.1, -0.05) is 19.1 Å². The highest BCUT2D eigenvalue weighted by Gasteiger charge is 2.34. The number of hydrogen-bond acceptors (Lipinski definition) is 4. The van der Waals surface area contributed by atoms with Gasteiger partial charge in [0.25, 0.3) is 5.69 Å². The third kappa shape index (κ3) is 3.08. The SMILES string of the molecule is CC(C(=O)O)C1CN(Cc2ccc([N+](=O)[O-])cc2)C1. The molecule has 1 atom stereocenters. The number of carboxylic acid groups (broad SMARTS) is 1. The molecule has 1 saturated heterocycles. The topological polar surface area (TPSA) is 83.7 Å². The predicted octanol–water partition coefficient (Wildman–Crippen LogP) is 1.75. The van der Waals surface area contributed by atoms with Crippen molar-refractivity contribution in [1.82, 2.24) is 4.90 Å². The highest BCUT2D eigenvalue weighted by molar-refractivity contribution is 5.70. The fourth-order valence-corrected chi connectivity index (χ4v) is 2.24. The third-order valence-electron chi connectivity index (χ3n) is 3.64. The molecule has 102 valence electrons. The maximum absolute atomic E-state index is 10.8. The van der Waals surface area contributed by atoms with Crippen molar-refractivity contribution >= 4 is 11.7 Å². The van der Waals surface area contributed by atoms with Gasteiger partial charge in [-0.2, -0.15) is 0 Å². The van der Waals surface area contributed by atoms with E-state index in [1.807, 2.05) is 0 Å². The van der Waals surface area contributed by atoms with E-state index in [1.165, 1.54) is 12.1 Å². The minimum absolute atomic E-state index is 0.0877. The summed E-state index contributed by atoms with van der Waals surface area (Å²) >= 11 is 0. The number of likely N-dealkylation sites (tertiary alicyclic amines) is 1. The number of hydrogen-bond donors (Lipinski definition) is 1. The van der Waals surface area contributed by atoms with Crippen LogP contribution in [0.1, 0.15) is 12.5 Å². The Labute approximate surface area is 110 Å². The van der Waals surface area contributed by atoms with Gasteiger partial charge in [0.2, 0.25) is 0 Å². The average Bonchev–Trinajstić information content (AvgIpc) is 2.33. The number of aliphatic carboxylic acids is 1. The normalized spacial score (nSPS) is 17.7. The van der Waals surface area contributed by atoms with Gasteiger partial charge >= 0.3 is 5.97 Å². The summed E-state index contributed by atoms with van der Waals surface area (Å²) in [6.45, 7) is 3.98. The van der Waals surface area contributed by atoms with Gasteiger partial charge in [0.05, 0.1) is 10.8 Å². The largest absolute Gasteiger partial charge is 0.481 e. The fourth-order valence-electron chi connectivity index (χ4n) is 2.24. The van der Waals surface area contributed by atoms with Crippen LogP contribution in [-0.4, -0.2) is 34.0 Å². The molecule has 0 spiro atoms. The van der Waals surface area contributed by atoms with Gasteiger partial charge in [0, 0.05) is 31.8 Å². The average molecular weight is 264 g/mol. The first-order valence-electron chi connectivity index (χ1n) is 6.16. The molecular formula is C13H16N2O4. The number of carbonyl (C=O) groups is 1. The zero-order valence-corrected chi connectivity index (χ0v) is 10.7. The molecule has 6 heteroatoms. The molecule has 1 heterocycles. The zero-order valence-electron chi connectivity index (χ0n) is 10.7. The molecule has 1 aliphatic heterocycles. The lowest BCUT2D eigenvalue weighted by Gasteiger charge is -2.41. The Morgan fingerprint density at radius 1 is 1.47 bits per heavy atom. The van der Waals surface area contributed by atoms with Crippen molar-refractivity contribution in [3.63, 3.8) is 0 Å². The summed E-state index contributed by atoms with van der Waals surface area (Å²) in [5.74, 6) is -0.858. The number of nitro benzene ring substituents is 1. The molecule has 1 unspecified atom stereocenters. The number of benzene rings is 1. The van der Waals surface area contributed by atoms with E-state index in [1.54, 1.807) is 19.1 Å². The molecule has 1 fully saturated rings. The molecule has 0 saturated carbocycles. The summed E-state index contributed by atoms with van der Waals surface area (Å²) in [6.07, 6.45) is 0. The van der Waals surface area contributed by atoms with E-state index in [0.29, 0.717) is 6.54 Å². The zero-order chi connectivity index (χ0) is 14.0. The maximum atomic E-state index is 10.8. The first kappa shape index (κ1) is 13.5. The second-order valence-electron chi connectivity index (χ2n) is 5.00. The van der Waals surface area contributed by atoms with Crippen LogP contribution in [-0.2, 0) is 11.3 Å². The van der Waals surface area contributed by atoms with Crippen LogP contribution in [0.5, 0.6) is 0 Å². The van der Waals surface area contributed by atoms with Gasteiger partial charge in [0.1, 0.15) is 0 Å². The van der Waals surface area contributed by atoms with E-state index in [2.05, 4.69) is 4.90 Å². The minimum atomic E-state index is -0.750. The monoisotopic (exact) mass is 264 g/mol. The quantitative estimate of drug-likeness (QED) is 0.647. The summed E-state index contributed by atoms with van der Waals surface area (Å²) in [6, 6.07) is 6.47. The van der Waals surface area contributed by atoms with Crippen molar-refractivity contribution in [1.29, 1.82) is 0 Å². The first-order chi connectivity index (χ1) is 8.97. The van der Waals surface area contributed by atoms with Crippen molar-refractivity contribution < 1.29 is 14.8 Å².